The molecule has 1 aliphatic carbocycles. The van der Waals surface area contributed by atoms with Gasteiger partial charge in [-0.25, -0.2) is 0 Å². The van der Waals surface area contributed by atoms with Crippen molar-refractivity contribution >= 4 is 21.8 Å². The van der Waals surface area contributed by atoms with E-state index < -0.39 is 6.10 Å². The van der Waals surface area contributed by atoms with Crippen molar-refractivity contribution in [3.8, 4) is 5.75 Å². The van der Waals surface area contributed by atoms with Crippen LogP contribution in [0.4, 0.5) is 0 Å². The van der Waals surface area contributed by atoms with Gasteiger partial charge in [0.2, 0.25) is 0 Å². The SMILES string of the molecule is CC(O)C(Oc1cccc2[nH]c3ccccc3c12)N1CCN(CC2CC2)CC1. The number of aromatic nitrogens is 1. The Morgan fingerprint density at radius 1 is 1.04 bits per heavy atom. The Bertz CT molecular complexity index is 955. The number of benzene rings is 2. The third kappa shape index (κ3) is 3.50. The van der Waals surface area contributed by atoms with Crippen LogP contribution < -0.4 is 4.74 Å². The minimum absolute atomic E-state index is 0.331. The molecule has 1 saturated heterocycles. The van der Waals surface area contributed by atoms with Gasteiger partial charge >= 0.3 is 0 Å². The molecular weight excluding hydrogens is 350 g/mol. The van der Waals surface area contributed by atoms with Crippen molar-refractivity contribution in [2.75, 3.05) is 32.7 Å². The molecule has 0 spiro atoms. The Labute approximate surface area is 165 Å². The normalized spacial score (nSPS) is 21.2. The smallest absolute Gasteiger partial charge is 0.178 e. The lowest BCUT2D eigenvalue weighted by atomic mass is 10.1. The Morgan fingerprint density at radius 2 is 1.79 bits per heavy atom. The number of hydrogen-bond donors (Lipinski definition) is 2. The first-order valence-corrected chi connectivity index (χ1v) is 10.5. The second-order valence-corrected chi connectivity index (χ2v) is 8.38. The number of para-hydroxylation sites is 1. The van der Waals surface area contributed by atoms with E-state index in [-0.39, 0.29) is 6.23 Å². The molecule has 1 aliphatic heterocycles. The number of hydrogen-bond acceptors (Lipinski definition) is 4. The molecule has 148 valence electrons. The quantitative estimate of drug-likeness (QED) is 0.689. The van der Waals surface area contributed by atoms with Gasteiger partial charge in [-0.1, -0.05) is 24.3 Å². The number of nitrogens with one attached hydrogen (secondary N) is 1. The zero-order chi connectivity index (χ0) is 19.1. The highest BCUT2D eigenvalue weighted by Gasteiger charge is 2.31. The molecule has 3 aromatic rings. The van der Waals surface area contributed by atoms with Gasteiger partial charge in [0.25, 0.3) is 0 Å². The number of aliphatic hydroxyl groups excluding tert-OH is 1. The third-order valence-electron chi connectivity index (χ3n) is 6.13. The van der Waals surface area contributed by atoms with E-state index >= 15 is 0 Å². The Morgan fingerprint density at radius 3 is 2.54 bits per heavy atom. The van der Waals surface area contributed by atoms with Gasteiger partial charge in [0.1, 0.15) is 11.9 Å². The molecule has 2 fully saturated rings. The molecule has 2 heterocycles. The van der Waals surface area contributed by atoms with Crippen LogP contribution in [0.15, 0.2) is 42.5 Å². The monoisotopic (exact) mass is 379 g/mol. The summed E-state index contributed by atoms with van der Waals surface area (Å²) in [6.45, 7) is 7.05. The van der Waals surface area contributed by atoms with Crippen molar-refractivity contribution in [1.82, 2.24) is 14.8 Å². The molecule has 2 N–H and O–H groups in total. The largest absolute Gasteiger partial charge is 0.472 e. The maximum atomic E-state index is 10.5. The first-order valence-electron chi connectivity index (χ1n) is 10.5. The summed E-state index contributed by atoms with van der Waals surface area (Å²) in [5.41, 5.74) is 2.17. The van der Waals surface area contributed by atoms with Crippen molar-refractivity contribution in [2.24, 2.45) is 5.92 Å². The van der Waals surface area contributed by atoms with Crippen LogP contribution in [0.5, 0.6) is 5.75 Å². The molecule has 0 bridgehead atoms. The predicted octanol–water partition coefficient (Wildman–Crippen LogP) is 3.43. The summed E-state index contributed by atoms with van der Waals surface area (Å²) in [7, 11) is 0. The van der Waals surface area contributed by atoms with E-state index in [2.05, 4.69) is 39.0 Å². The molecule has 1 aromatic heterocycles. The predicted molar refractivity (Wildman–Crippen MR) is 113 cm³/mol. The van der Waals surface area contributed by atoms with E-state index in [4.69, 9.17) is 4.74 Å². The fourth-order valence-electron chi connectivity index (χ4n) is 4.44. The van der Waals surface area contributed by atoms with Crippen LogP contribution in [-0.2, 0) is 0 Å². The van der Waals surface area contributed by atoms with Gasteiger partial charge in [0.05, 0.1) is 5.52 Å². The highest BCUT2D eigenvalue weighted by Crippen LogP contribution is 2.34. The second-order valence-electron chi connectivity index (χ2n) is 8.38. The van der Waals surface area contributed by atoms with Crippen LogP contribution in [0.3, 0.4) is 0 Å². The summed E-state index contributed by atoms with van der Waals surface area (Å²) in [6, 6.07) is 14.4. The Balaban J connectivity index is 1.38. The second kappa shape index (κ2) is 7.39. The van der Waals surface area contributed by atoms with Crippen LogP contribution in [0, 0.1) is 5.92 Å². The van der Waals surface area contributed by atoms with Gasteiger partial charge in [-0.15, -0.1) is 0 Å². The fraction of sp³-hybridized carbons (Fsp3) is 0.478. The van der Waals surface area contributed by atoms with Gasteiger partial charge in [0, 0.05) is 49.0 Å². The molecule has 0 amide bonds. The van der Waals surface area contributed by atoms with Gasteiger partial charge in [0.15, 0.2) is 6.23 Å². The summed E-state index contributed by atoms with van der Waals surface area (Å²) in [5.74, 6) is 1.76. The molecule has 2 aromatic carbocycles. The lowest BCUT2D eigenvalue weighted by molar-refractivity contribution is -0.0740. The number of piperazine rings is 1. The number of aromatic amines is 1. The molecule has 28 heavy (non-hydrogen) atoms. The number of nitrogens with zero attached hydrogens (tertiary/aromatic N) is 2. The number of fused-ring (bicyclic) bond motifs is 3. The lowest BCUT2D eigenvalue weighted by Crippen LogP contribution is -2.55. The zero-order valence-corrected chi connectivity index (χ0v) is 16.5. The molecule has 2 atom stereocenters. The summed E-state index contributed by atoms with van der Waals surface area (Å²) in [4.78, 5) is 8.32. The van der Waals surface area contributed by atoms with E-state index in [0.717, 1.165) is 59.7 Å². The molecular formula is C23H29N3O2. The van der Waals surface area contributed by atoms with Crippen molar-refractivity contribution in [3.05, 3.63) is 42.5 Å². The van der Waals surface area contributed by atoms with Crippen LogP contribution in [0.1, 0.15) is 19.8 Å². The van der Waals surface area contributed by atoms with Crippen LogP contribution in [-0.4, -0.2) is 64.9 Å². The lowest BCUT2D eigenvalue weighted by Gasteiger charge is -2.40. The molecule has 5 rings (SSSR count). The van der Waals surface area contributed by atoms with E-state index in [1.54, 1.807) is 0 Å². The van der Waals surface area contributed by atoms with Gasteiger partial charge in [-0.2, -0.15) is 0 Å². The van der Waals surface area contributed by atoms with Crippen molar-refractivity contribution in [1.29, 1.82) is 0 Å². The van der Waals surface area contributed by atoms with Gasteiger partial charge in [-0.3, -0.25) is 4.90 Å². The highest BCUT2D eigenvalue weighted by atomic mass is 16.5. The van der Waals surface area contributed by atoms with Crippen LogP contribution in [0.2, 0.25) is 0 Å². The summed E-state index contributed by atoms with van der Waals surface area (Å²) in [6.07, 6.45) is 1.90. The molecule has 2 aliphatic rings. The van der Waals surface area contributed by atoms with E-state index in [1.165, 1.54) is 19.4 Å². The summed E-state index contributed by atoms with van der Waals surface area (Å²) >= 11 is 0. The third-order valence-corrected chi connectivity index (χ3v) is 6.13. The minimum atomic E-state index is -0.560. The van der Waals surface area contributed by atoms with E-state index in [9.17, 15) is 5.11 Å². The average molecular weight is 380 g/mol. The van der Waals surface area contributed by atoms with Crippen molar-refractivity contribution in [3.63, 3.8) is 0 Å². The molecule has 5 nitrogen and oxygen atoms in total. The van der Waals surface area contributed by atoms with Crippen LogP contribution in [0.25, 0.3) is 21.8 Å². The first kappa shape index (κ1) is 18.0. The molecule has 5 heteroatoms. The number of ether oxygens (including phenoxy) is 1. The number of aliphatic hydroxyl groups is 1. The first-order chi connectivity index (χ1) is 13.7. The van der Waals surface area contributed by atoms with Gasteiger partial charge in [-0.05, 0) is 43.9 Å². The number of rotatable bonds is 6. The average Bonchev–Trinajstić information content (AvgIpc) is 3.43. The topological polar surface area (TPSA) is 51.7 Å². The Hall–Kier alpha value is -2.08. The maximum Gasteiger partial charge on any atom is 0.178 e. The zero-order valence-electron chi connectivity index (χ0n) is 16.5. The Kier molecular flexibility index (Phi) is 4.75. The minimum Gasteiger partial charge on any atom is -0.472 e. The summed E-state index contributed by atoms with van der Waals surface area (Å²) in [5, 5.41) is 12.7. The molecule has 0 radical (unpaired) electrons. The van der Waals surface area contributed by atoms with Crippen molar-refractivity contribution < 1.29 is 9.84 Å². The highest BCUT2D eigenvalue weighted by molar-refractivity contribution is 6.10. The maximum absolute atomic E-state index is 10.5. The summed E-state index contributed by atoms with van der Waals surface area (Å²) < 4.78 is 6.46. The molecule has 1 saturated carbocycles. The standard InChI is InChI=1S/C23H29N3O2/c1-16(27)23(26-13-11-25(12-14-26)15-17-9-10-17)28-21-8-4-7-20-22(21)18-5-2-3-6-19(18)24-20/h2-8,16-17,23-24,27H,9-15H2,1H3. The molecule has 2 unspecified atom stereocenters. The fourth-order valence-corrected chi connectivity index (χ4v) is 4.44. The van der Waals surface area contributed by atoms with Crippen LogP contribution >= 0.6 is 0 Å². The van der Waals surface area contributed by atoms with E-state index in [1.807, 2.05) is 25.1 Å². The van der Waals surface area contributed by atoms with E-state index in [0.29, 0.717) is 0 Å². The van der Waals surface area contributed by atoms with Gasteiger partial charge < -0.3 is 19.7 Å². The van der Waals surface area contributed by atoms with Crippen molar-refractivity contribution in [2.45, 2.75) is 32.1 Å². The number of H-pyrrole nitrogens is 1.